The molecule has 0 aromatic heterocycles. The number of rotatable bonds is 3. The molecule has 12 heavy (non-hydrogen) atoms. The van der Waals surface area contributed by atoms with E-state index in [1.807, 2.05) is 24.3 Å². The molecule has 2 heteroatoms. The number of methoxy groups -OCH3 is 1. The third kappa shape index (κ3) is 1.98. The second-order valence-corrected chi connectivity index (χ2v) is 2.71. The van der Waals surface area contributed by atoms with Gasteiger partial charge < -0.3 is 10.5 Å². The minimum Gasteiger partial charge on any atom is -0.497 e. The molecule has 0 aliphatic carbocycles. The summed E-state index contributed by atoms with van der Waals surface area (Å²) in [6.45, 7) is 4.49. The Bertz CT molecular complexity index is 230. The molecule has 1 unspecified atom stereocenters. The van der Waals surface area contributed by atoms with Crippen LogP contribution in [0.4, 0.5) is 0 Å². The first-order valence-electron chi connectivity index (χ1n) is 3.95. The van der Waals surface area contributed by atoms with Gasteiger partial charge in [-0.2, -0.15) is 0 Å². The van der Waals surface area contributed by atoms with Crippen molar-refractivity contribution in [1.29, 1.82) is 0 Å². The molecule has 2 N–H and O–H groups in total. The van der Waals surface area contributed by atoms with E-state index in [0.717, 1.165) is 11.3 Å². The van der Waals surface area contributed by atoms with Crippen LogP contribution in [0.1, 0.15) is 11.5 Å². The molecule has 1 radical (unpaired) electrons. The van der Waals surface area contributed by atoms with Gasteiger partial charge in [-0.15, -0.1) is 0 Å². The highest BCUT2D eigenvalue weighted by molar-refractivity contribution is 5.29. The summed E-state index contributed by atoms with van der Waals surface area (Å²) in [5.74, 6) is 1.04. The van der Waals surface area contributed by atoms with E-state index < -0.39 is 0 Å². The van der Waals surface area contributed by atoms with Crippen LogP contribution in [0.15, 0.2) is 24.3 Å². The predicted molar refractivity (Wildman–Crippen MR) is 50.1 cm³/mol. The quantitative estimate of drug-likeness (QED) is 0.736. The third-order valence-electron chi connectivity index (χ3n) is 1.87. The van der Waals surface area contributed by atoms with Crippen LogP contribution in [0.3, 0.4) is 0 Å². The summed E-state index contributed by atoms with van der Waals surface area (Å²) in [7, 11) is 1.65. The van der Waals surface area contributed by atoms with Gasteiger partial charge in [0.1, 0.15) is 5.75 Å². The lowest BCUT2D eigenvalue weighted by atomic mass is 10.0. The first-order chi connectivity index (χ1) is 5.77. The van der Waals surface area contributed by atoms with Gasteiger partial charge in [-0.3, -0.25) is 0 Å². The van der Waals surface area contributed by atoms with Gasteiger partial charge in [-0.05, 0) is 37.1 Å². The lowest BCUT2D eigenvalue weighted by Gasteiger charge is -2.08. The third-order valence-corrected chi connectivity index (χ3v) is 1.87. The average Bonchev–Trinajstić information content (AvgIpc) is 2.17. The Morgan fingerprint density at radius 2 is 2.00 bits per heavy atom. The van der Waals surface area contributed by atoms with Crippen LogP contribution >= 0.6 is 0 Å². The second-order valence-electron chi connectivity index (χ2n) is 2.71. The summed E-state index contributed by atoms with van der Waals surface area (Å²) in [6.07, 6.45) is 0. The standard InChI is InChI=1S/C10H14NO/c1-8(7-11)9-3-5-10(12-2)6-4-9/h3-6,8H,1,7,11H2,2H3. The molecule has 0 aliphatic rings. The average molecular weight is 164 g/mol. The fraction of sp³-hybridized carbons (Fsp3) is 0.300. The zero-order valence-electron chi connectivity index (χ0n) is 7.29. The van der Waals surface area contributed by atoms with Crippen LogP contribution in [0.25, 0.3) is 0 Å². The van der Waals surface area contributed by atoms with Crippen molar-refractivity contribution in [2.24, 2.45) is 5.73 Å². The fourth-order valence-corrected chi connectivity index (χ4v) is 1.01. The molecule has 1 atom stereocenters. The first kappa shape index (κ1) is 9.07. The molecular weight excluding hydrogens is 150 g/mol. The van der Waals surface area contributed by atoms with Gasteiger partial charge in [0.15, 0.2) is 0 Å². The van der Waals surface area contributed by atoms with Gasteiger partial charge in [-0.25, -0.2) is 0 Å². The van der Waals surface area contributed by atoms with Crippen LogP contribution in [-0.2, 0) is 0 Å². The molecule has 1 aromatic carbocycles. The molecule has 2 nitrogen and oxygen atoms in total. The van der Waals surface area contributed by atoms with Crippen LogP contribution in [0, 0.1) is 6.92 Å². The van der Waals surface area contributed by atoms with E-state index >= 15 is 0 Å². The van der Waals surface area contributed by atoms with Gasteiger partial charge in [0.25, 0.3) is 0 Å². The Morgan fingerprint density at radius 3 is 2.42 bits per heavy atom. The lowest BCUT2D eigenvalue weighted by Crippen LogP contribution is -2.08. The van der Waals surface area contributed by atoms with E-state index in [0.29, 0.717) is 6.54 Å². The van der Waals surface area contributed by atoms with Gasteiger partial charge >= 0.3 is 0 Å². The zero-order valence-corrected chi connectivity index (χ0v) is 7.29. The molecule has 0 saturated heterocycles. The smallest absolute Gasteiger partial charge is 0.118 e. The molecule has 0 aliphatic heterocycles. The first-order valence-corrected chi connectivity index (χ1v) is 3.95. The summed E-state index contributed by atoms with van der Waals surface area (Å²) in [5.41, 5.74) is 6.63. The van der Waals surface area contributed by atoms with Gasteiger partial charge in [-0.1, -0.05) is 12.1 Å². The van der Waals surface area contributed by atoms with Crippen molar-refractivity contribution in [1.82, 2.24) is 0 Å². The number of benzene rings is 1. The van der Waals surface area contributed by atoms with Crippen molar-refractivity contribution in [2.45, 2.75) is 5.92 Å². The van der Waals surface area contributed by atoms with Gasteiger partial charge in [0.2, 0.25) is 0 Å². The van der Waals surface area contributed by atoms with Crippen LogP contribution in [0.2, 0.25) is 0 Å². The lowest BCUT2D eigenvalue weighted by molar-refractivity contribution is 0.414. The molecule has 65 valence electrons. The maximum Gasteiger partial charge on any atom is 0.118 e. The molecule has 1 aromatic rings. The molecule has 1 rings (SSSR count). The summed E-state index contributed by atoms with van der Waals surface area (Å²) >= 11 is 0. The monoisotopic (exact) mass is 164 g/mol. The van der Waals surface area contributed by atoms with E-state index in [1.54, 1.807) is 7.11 Å². The van der Waals surface area contributed by atoms with Crippen molar-refractivity contribution < 1.29 is 4.74 Å². The molecule has 0 amide bonds. The molecular formula is C10H14NO. The molecule has 0 fully saturated rings. The van der Waals surface area contributed by atoms with Crippen LogP contribution in [-0.4, -0.2) is 13.7 Å². The Morgan fingerprint density at radius 1 is 1.42 bits per heavy atom. The van der Waals surface area contributed by atoms with E-state index in [1.165, 1.54) is 0 Å². The number of hydrogen-bond acceptors (Lipinski definition) is 2. The SMILES string of the molecule is [CH2]C(CN)c1ccc(OC)cc1. The molecule has 0 bridgehead atoms. The minimum absolute atomic E-state index is 0.177. The zero-order chi connectivity index (χ0) is 8.97. The highest BCUT2D eigenvalue weighted by Crippen LogP contribution is 2.17. The Hall–Kier alpha value is -1.02. The van der Waals surface area contributed by atoms with Crippen molar-refractivity contribution in [3.8, 4) is 5.75 Å². The summed E-state index contributed by atoms with van der Waals surface area (Å²) < 4.78 is 5.03. The maximum absolute atomic E-state index is 5.48. The van der Waals surface area contributed by atoms with Crippen LogP contribution < -0.4 is 10.5 Å². The van der Waals surface area contributed by atoms with Crippen LogP contribution in [0.5, 0.6) is 5.75 Å². The topological polar surface area (TPSA) is 35.2 Å². The molecule has 0 spiro atoms. The van der Waals surface area contributed by atoms with E-state index in [-0.39, 0.29) is 5.92 Å². The summed E-state index contributed by atoms with van der Waals surface area (Å²) in [5, 5.41) is 0. The van der Waals surface area contributed by atoms with Crippen molar-refractivity contribution in [3.05, 3.63) is 36.8 Å². The van der Waals surface area contributed by atoms with E-state index in [9.17, 15) is 0 Å². The van der Waals surface area contributed by atoms with E-state index in [4.69, 9.17) is 10.5 Å². The number of ether oxygens (including phenoxy) is 1. The van der Waals surface area contributed by atoms with Crippen molar-refractivity contribution >= 4 is 0 Å². The van der Waals surface area contributed by atoms with Gasteiger partial charge in [0, 0.05) is 0 Å². The summed E-state index contributed by atoms with van der Waals surface area (Å²) in [6, 6.07) is 7.82. The Balaban J connectivity index is 2.77. The second kappa shape index (κ2) is 4.12. The highest BCUT2D eigenvalue weighted by Gasteiger charge is 2.01. The Labute approximate surface area is 73.3 Å². The van der Waals surface area contributed by atoms with E-state index in [2.05, 4.69) is 6.92 Å². The number of nitrogens with two attached hydrogens (primary N) is 1. The van der Waals surface area contributed by atoms with Crippen molar-refractivity contribution in [3.63, 3.8) is 0 Å². The maximum atomic E-state index is 5.48. The highest BCUT2D eigenvalue weighted by atomic mass is 16.5. The molecule has 0 heterocycles. The largest absolute Gasteiger partial charge is 0.497 e. The summed E-state index contributed by atoms with van der Waals surface area (Å²) in [4.78, 5) is 0. The molecule has 0 saturated carbocycles. The van der Waals surface area contributed by atoms with Gasteiger partial charge in [0.05, 0.1) is 7.11 Å². The van der Waals surface area contributed by atoms with Crippen molar-refractivity contribution in [2.75, 3.05) is 13.7 Å². The predicted octanol–water partition coefficient (Wildman–Crippen LogP) is 1.57. The Kier molecular flexibility index (Phi) is 3.11. The fourth-order valence-electron chi connectivity index (χ4n) is 1.01. The minimum atomic E-state index is 0.177. The normalized spacial score (nSPS) is 12.6. The number of hydrogen-bond donors (Lipinski definition) is 1.